The van der Waals surface area contributed by atoms with Gasteiger partial charge < -0.3 is 9.80 Å². The van der Waals surface area contributed by atoms with Crippen LogP contribution in [0.1, 0.15) is 49.9 Å². The Hall–Kier alpha value is -8.98. The maximum Gasteiger partial charge on any atom is 0.0540 e. The lowest BCUT2D eigenvalue weighted by Gasteiger charge is -2.30. The van der Waals surface area contributed by atoms with Crippen molar-refractivity contribution in [2.45, 2.75) is 38.5 Å². The summed E-state index contributed by atoms with van der Waals surface area (Å²) in [7, 11) is 0. The van der Waals surface area contributed by atoms with Crippen molar-refractivity contribution in [1.29, 1.82) is 0 Å². The number of allylic oxidation sites excluding steroid dienone is 2. The smallest absolute Gasteiger partial charge is 0.0540 e. The molecule has 0 bridgehead atoms. The average molecular weight is 949 g/mol. The van der Waals surface area contributed by atoms with Crippen molar-refractivity contribution in [1.82, 2.24) is 0 Å². The summed E-state index contributed by atoms with van der Waals surface area (Å²) in [4.78, 5) is 4.90. The van der Waals surface area contributed by atoms with Crippen LogP contribution in [0.15, 0.2) is 267 Å². The maximum atomic E-state index is 2.47. The Morgan fingerprint density at radius 1 is 0.297 bits per heavy atom. The summed E-state index contributed by atoms with van der Waals surface area (Å²) in [6, 6.07) is 94.1. The number of fused-ring (bicyclic) bond motifs is 7. The molecular formula is C72H56N2. The van der Waals surface area contributed by atoms with Gasteiger partial charge in [-0.25, -0.2) is 0 Å². The van der Waals surface area contributed by atoms with Crippen LogP contribution < -0.4 is 9.80 Å². The van der Waals surface area contributed by atoms with E-state index in [0.29, 0.717) is 0 Å². The van der Waals surface area contributed by atoms with Crippen molar-refractivity contribution < 1.29 is 0 Å². The van der Waals surface area contributed by atoms with E-state index < -0.39 is 0 Å². The lowest BCUT2D eigenvalue weighted by molar-refractivity contribution is 0.660. The number of rotatable bonds is 10. The standard InChI is InChI=1S/C72H56N2/c1-5-44-72(4)67-33-17-15-30-62(67)64-41-38-57(48-69(64)72)73(55-26-18-24-52(45-55)49-20-8-6-9-21-49)54-36-34-51(35-37-54)59-42-43-70(65-31-13-12-28-60(59)65)74(56-27-19-25-53(46-56)50-22-10-7-11-23-50)58-39-40-63-61-29-14-16-32-66(61)71(2,3)68(63)47-58/h5-48H,1-4H3/b44-5+. The highest BCUT2D eigenvalue weighted by Crippen LogP contribution is 2.54. The highest BCUT2D eigenvalue weighted by atomic mass is 15.1. The summed E-state index contributed by atoms with van der Waals surface area (Å²) in [5.74, 6) is 0. The fraction of sp³-hybridized carbons (Fsp3) is 0.0833. The number of nitrogens with zero attached hydrogens (tertiary/aromatic N) is 2. The summed E-state index contributed by atoms with van der Waals surface area (Å²) >= 11 is 0. The zero-order chi connectivity index (χ0) is 50.0. The largest absolute Gasteiger partial charge is 0.310 e. The molecule has 0 saturated heterocycles. The van der Waals surface area contributed by atoms with E-state index in [1.165, 1.54) is 83.1 Å². The van der Waals surface area contributed by atoms with E-state index in [1.807, 2.05) is 0 Å². The molecule has 1 atom stereocenters. The Labute approximate surface area is 435 Å². The van der Waals surface area contributed by atoms with Crippen molar-refractivity contribution in [3.05, 3.63) is 289 Å². The molecule has 2 aliphatic carbocycles. The topological polar surface area (TPSA) is 6.48 Å². The van der Waals surface area contributed by atoms with Crippen LogP contribution in [-0.2, 0) is 10.8 Å². The first-order valence-corrected chi connectivity index (χ1v) is 25.9. The van der Waals surface area contributed by atoms with E-state index in [0.717, 1.165) is 39.7 Å². The summed E-state index contributed by atoms with van der Waals surface area (Å²) in [5, 5.41) is 2.38. The number of anilines is 6. The molecular weight excluding hydrogens is 893 g/mol. The molecule has 0 aliphatic heterocycles. The van der Waals surface area contributed by atoms with Gasteiger partial charge in [0, 0.05) is 44.7 Å². The molecule has 0 spiro atoms. The van der Waals surface area contributed by atoms with Gasteiger partial charge in [-0.1, -0.05) is 214 Å². The lowest BCUT2D eigenvalue weighted by Crippen LogP contribution is -2.18. The molecule has 0 heterocycles. The second-order valence-electron chi connectivity index (χ2n) is 20.6. The van der Waals surface area contributed by atoms with Crippen molar-refractivity contribution in [2.75, 3.05) is 9.80 Å². The maximum absolute atomic E-state index is 2.47. The molecule has 1 unspecified atom stereocenters. The van der Waals surface area contributed by atoms with Crippen LogP contribution in [0.25, 0.3) is 66.4 Å². The number of hydrogen-bond acceptors (Lipinski definition) is 2. The van der Waals surface area contributed by atoms with Gasteiger partial charge in [-0.15, -0.1) is 0 Å². The second kappa shape index (κ2) is 17.9. The van der Waals surface area contributed by atoms with Crippen LogP contribution in [0.2, 0.25) is 0 Å². The minimum Gasteiger partial charge on any atom is -0.310 e. The normalized spacial score (nSPS) is 14.9. The van der Waals surface area contributed by atoms with Crippen molar-refractivity contribution in [2.24, 2.45) is 0 Å². The Balaban J connectivity index is 0.936. The predicted octanol–water partition coefficient (Wildman–Crippen LogP) is 19.9. The van der Waals surface area contributed by atoms with Gasteiger partial charge in [-0.05, 0) is 164 Å². The highest BCUT2D eigenvalue weighted by molar-refractivity contribution is 6.07. The Morgan fingerprint density at radius 2 is 0.757 bits per heavy atom. The van der Waals surface area contributed by atoms with Gasteiger partial charge in [0.25, 0.3) is 0 Å². The summed E-state index contributed by atoms with van der Waals surface area (Å²) in [6.07, 6.45) is 4.56. The molecule has 13 rings (SSSR count). The van der Waals surface area contributed by atoms with Crippen LogP contribution in [0.3, 0.4) is 0 Å². The minimum absolute atomic E-state index is 0.142. The first-order chi connectivity index (χ1) is 36.3. The van der Waals surface area contributed by atoms with Crippen LogP contribution in [-0.4, -0.2) is 0 Å². The van der Waals surface area contributed by atoms with E-state index in [4.69, 9.17) is 0 Å². The van der Waals surface area contributed by atoms with Crippen LogP contribution in [0.4, 0.5) is 34.1 Å². The van der Waals surface area contributed by atoms with E-state index in [-0.39, 0.29) is 10.8 Å². The van der Waals surface area contributed by atoms with Crippen molar-refractivity contribution in [3.8, 4) is 55.6 Å². The molecule has 2 nitrogen and oxygen atoms in total. The van der Waals surface area contributed by atoms with E-state index in [2.05, 4.69) is 304 Å². The van der Waals surface area contributed by atoms with E-state index in [9.17, 15) is 0 Å². The summed E-state index contributed by atoms with van der Waals surface area (Å²) < 4.78 is 0. The van der Waals surface area contributed by atoms with E-state index in [1.54, 1.807) is 0 Å². The predicted molar refractivity (Wildman–Crippen MR) is 314 cm³/mol. The summed E-state index contributed by atoms with van der Waals surface area (Å²) in [6.45, 7) is 9.22. The fourth-order valence-electron chi connectivity index (χ4n) is 12.3. The minimum atomic E-state index is -0.255. The molecule has 0 N–H and O–H groups in total. The Morgan fingerprint density at radius 3 is 1.41 bits per heavy atom. The SMILES string of the molecule is C/C=C/C1(C)c2ccccc2-c2ccc(N(c3ccc(-c4ccc(N(c5cccc(-c6ccccc6)c5)c5ccc6c(c5)C(C)(C)c5ccccc5-6)c5ccccc45)cc3)c3cccc(-c4ccccc4)c3)cc21. The van der Waals surface area contributed by atoms with Gasteiger partial charge in [0.15, 0.2) is 0 Å². The van der Waals surface area contributed by atoms with Gasteiger partial charge in [-0.3, -0.25) is 0 Å². The molecule has 2 aliphatic rings. The van der Waals surface area contributed by atoms with E-state index >= 15 is 0 Å². The fourth-order valence-corrected chi connectivity index (χ4v) is 12.3. The molecule has 11 aromatic carbocycles. The third kappa shape index (κ3) is 7.40. The molecule has 11 aromatic rings. The summed E-state index contributed by atoms with van der Waals surface area (Å²) in [5.41, 5.74) is 24.0. The molecule has 0 amide bonds. The zero-order valence-electron chi connectivity index (χ0n) is 42.3. The van der Waals surface area contributed by atoms with Gasteiger partial charge in [0.05, 0.1) is 5.69 Å². The molecule has 0 fully saturated rings. The number of hydrogen-bond donors (Lipinski definition) is 0. The van der Waals surface area contributed by atoms with Gasteiger partial charge in [0.1, 0.15) is 0 Å². The average Bonchev–Trinajstić information content (AvgIpc) is 3.85. The Bertz CT molecular complexity index is 3960. The molecule has 74 heavy (non-hydrogen) atoms. The van der Waals surface area contributed by atoms with Crippen LogP contribution in [0.5, 0.6) is 0 Å². The lowest BCUT2D eigenvalue weighted by atomic mass is 9.80. The monoisotopic (exact) mass is 948 g/mol. The van der Waals surface area contributed by atoms with Gasteiger partial charge in [-0.2, -0.15) is 0 Å². The third-order valence-electron chi connectivity index (χ3n) is 15.9. The zero-order valence-corrected chi connectivity index (χ0v) is 42.3. The first kappa shape index (κ1) is 44.9. The molecule has 354 valence electrons. The van der Waals surface area contributed by atoms with Crippen molar-refractivity contribution in [3.63, 3.8) is 0 Å². The molecule has 0 aromatic heterocycles. The van der Waals surface area contributed by atoms with Crippen LogP contribution >= 0.6 is 0 Å². The van der Waals surface area contributed by atoms with Gasteiger partial charge >= 0.3 is 0 Å². The second-order valence-corrected chi connectivity index (χ2v) is 20.6. The quantitative estimate of drug-likeness (QED) is 0.126. The van der Waals surface area contributed by atoms with Crippen LogP contribution in [0, 0.1) is 0 Å². The third-order valence-corrected chi connectivity index (χ3v) is 15.9. The highest BCUT2D eigenvalue weighted by Gasteiger charge is 2.38. The van der Waals surface area contributed by atoms with Gasteiger partial charge in [0.2, 0.25) is 0 Å². The Kier molecular flexibility index (Phi) is 10.9. The van der Waals surface area contributed by atoms with Crippen molar-refractivity contribution >= 4 is 44.9 Å². The molecule has 2 heteroatoms. The number of benzene rings is 11. The molecule has 0 radical (unpaired) electrons. The first-order valence-electron chi connectivity index (χ1n) is 25.9. The molecule has 0 saturated carbocycles.